The van der Waals surface area contributed by atoms with E-state index in [1.54, 1.807) is 18.2 Å². The van der Waals surface area contributed by atoms with Gasteiger partial charge < -0.3 is 9.84 Å². The van der Waals surface area contributed by atoms with E-state index in [2.05, 4.69) is 26.0 Å². The third-order valence-electron chi connectivity index (χ3n) is 4.35. The van der Waals surface area contributed by atoms with Crippen LogP contribution >= 0.6 is 15.9 Å². The Balaban J connectivity index is 2.20. The largest absolute Gasteiger partial charge is 0.481 e. The van der Waals surface area contributed by atoms with Crippen LogP contribution in [0.2, 0.25) is 0 Å². The minimum atomic E-state index is -1.21. The van der Waals surface area contributed by atoms with Crippen LogP contribution in [0, 0.1) is 10.1 Å². The molecule has 0 aliphatic carbocycles. The van der Waals surface area contributed by atoms with Crippen molar-refractivity contribution in [3.05, 3.63) is 72.7 Å². The van der Waals surface area contributed by atoms with Crippen molar-refractivity contribution in [2.75, 3.05) is 6.61 Å². The van der Waals surface area contributed by atoms with Gasteiger partial charge in [0.25, 0.3) is 11.2 Å². The summed E-state index contributed by atoms with van der Waals surface area (Å²) in [7, 11) is 0. The number of aliphatic carboxylic acids is 1. The number of hydrogen-bond donors (Lipinski definition) is 1. The minimum Gasteiger partial charge on any atom is -0.481 e. The number of non-ortho nitro benzene ring substituents is 1. The fraction of sp³-hybridized carbons (Fsp3) is 0.238. The number of carbonyl (C=O) groups is 1. The summed E-state index contributed by atoms with van der Waals surface area (Å²) in [6.07, 6.45) is 1.21. The van der Waals surface area contributed by atoms with Crippen molar-refractivity contribution in [2.24, 2.45) is 5.10 Å². The molecule has 0 atom stereocenters. The van der Waals surface area contributed by atoms with Gasteiger partial charge in [-0.1, -0.05) is 36.7 Å². The van der Waals surface area contributed by atoms with Crippen LogP contribution in [-0.4, -0.2) is 38.5 Å². The zero-order valence-corrected chi connectivity index (χ0v) is 19.0. The number of carboxylic acids is 1. The van der Waals surface area contributed by atoms with Crippen molar-refractivity contribution in [3.8, 4) is 5.75 Å². The van der Waals surface area contributed by atoms with Crippen LogP contribution in [0.3, 0.4) is 0 Å². The molecule has 0 aliphatic heterocycles. The Morgan fingerprint density at radius 2 is 2.03 bits per heavy atom. The fourth-order valence-corrected chi connectivity index (χ4v) is 3.24. The van der Waals surface area contributed by atoms with Gasteiger partial charge in [0.1, 0.15) is 11.6 Å². The number of benzene rings is 2. The second kappa shape index (κ2) is 8.87. The summed E-state index contributed by atoms with van der Waals surface area (Å²) >= 11 is 3.34. The van der Waals surface area contributed by atoms with Crippen LogP contribution in [0.25, 0.3) is 10.9 Å². The highest BCUT2D eigenvalue weighted by Gasteiger charge is 2.23. The maximum atomic E-state index is 13.2. The molecular weight excluding hydrogens is 484 g/mol. The number of nitro benzene ring substituents is 1. The van der Waals surface area contributed by atoms with E-state index in [1.807, 2.05) is 20.8 Å². The minimum absolute atomic E-state index is 0.0728. The molecule has 0 unspecified atom stereocenters. The summed E-state index contributed by atoms with van der Waals surface area (Å²) < 4.78 is 7.05. The number of fused-ring (bicyclic) bond motifs is 1. The highest BCUT2D eigenvalue weighted by atomic mass is 79.9. The number of halogens is 1. The third kappa shape index (κ3) is 4.99. The highest BCUT2D eigenvalue weighted by molar-refractivity contribution is 9.10. The van der Waals surface area contributed by atoms with Crippen LogP contribution in [0.5, 0.6) is 5.75 Å². The lowest BCUT2D eigenvalue weighted by atomic mass is 9.95. The van der Waals surface area contributed by atoms with E-state index in [0.717, 1.165) is 4.68 Å². The third-order valence-corrected chi connectivity index (χ3v) is 4.84. The van der Waals surface area contributed by atoms with Crippen molar-refractivity contribution in [2.45, 2.75) is 26.2 Å². The predicted molar refractivity (Wildman–Crippen MR) is 122 cm³/mol. The lowest BCUT2D eigenvalue weighted by Gasteiger charge is -2.21. The Hall–Kier alpha value is -3.60. The Kier molecular flexibility index (Phi) is 6.40. The molecule has 11 heteroatoms. The van der Waals surface area contributed by atoms with E-state index in [9.17, 15) is 19.7 Å². The monoisotopic (exact) mass is 502 g/mol. The highest BCUT2D eigenvalue weighted by Crippen LogP contribution is 2.25. The topological polar surface area (TPSA) is 137 Å². The van der Waals surface area contributed by atoms with Gasteiger partial charge in [0.15, 0.2) is 6.61 Å². The van der Waals surface area contributed by atoms with Crippen LogP contribution in [0.4, 0.5) is 5.69 Å². The van der Waals surface area contributed by atoms with E-state index in [-0.39, 0.29) is 17.0 Å². The maximum Gasteiger partial charge on any atom is 0.341 e. The van der Waals surface area contributed by atoms with Crippen LogP contribution in [0.15, 0.2) is 50.8 Å². The first-order valence-corrected chi connectivity index (χ1v) is 10.2. The van der Waals surface area contributed by atoms with Gasteiger partial charge in [-0.3, -0.25) is 14.9 Å². The number of aromatic nitrogens is 2. The van der Waals surface area contributed by atoms with Gasteiger partial charge in [-0.25, -0.2) is 9.78 Å². The molecular formula is C21H19BrN4O6. The molecule has 3 aromatic rings. The number of carboxylic acid groups (broad SMARTS) is 1. The molecule has 2 aromatic carbocycles. The first-order chi connectivity index (χ1) is 15.0. The fourth-order valence-electron chi connectivity index (χ4n) is 2.88. The Morgan fingerprint density at radius 3 is 2.66 bits per heavy atom. The Labute approximate surface area is 190 Å². The molecule has 0 saturated heterocycles. The summed E-state index contributed by atoms with van der Waals surface area (Å²) in [4.78, 5) is 39.3. The molecule has 10 nitrogen and oxygen atoms in total. The maximum absolute atomic E-state index is 13.2. The lowest BCUT2D eigenvalue weighted by Crippen LogP contribution is -2.29. The SMILES string of the molecule is CC(C)(C)c1nc2ccc(Br)cc2c(=O)n1N=Cc1cc([N+](=O)[O-])ccc1OCC(=O)O. The zero-order chi connectivity index (χ0) is 23.6. The van der Waals surface area contributed by atoms with Gasteiger partial charge in [0.05, 0.1) is 22.0 Å². The Morgan fingerprint density at radius 1 is 1.31 bits per heavy atom. The van der Waals surface area contributed by atoms with E-state index in [1.165, 1.54) is 24.4 Å². The van der Waals surface area contributed by atoms with Crippen molar-refractivity contribution in [3.63, 3.8) is 0 Å². The molecule has 0 spiro atoms. The van der Waals surface area contributed by atoms with Crippen molar-refractivity contribution in [1.29, 1.82) is 0 Å². The number of hydrogen-bond acceptors (Lipinski definition) is 7. The molecule has 0 saturated carbocycles. The van der Waals surface area contributed by atoms with Gasteiger partial charge in [-0.15, -0.1) is 0 Å². The van der Waals surface area contributed by atoms with Crippen LogP contribution in [-0.2, 0) is 10.2 Å². The van der Waals surface area contributed by atoms with E-state index in [4.69, 9.17) is 9.84 Å². The molecule has 0 bridgehead atoms. The first-order valence-electron chi connectivity index (χ1n) is 9.37. The number of ether oxygens (including phenoxy) is 1. The zero-order valence-electron chi connectivity index (χ0n) is 17.4. The number of nitrogens with zero attached hydrogens (tertiary/aromatic N) is 4. The van der Waals surface area contributed by atoms with Crippen LogP contribution < -0.4 is 10.3 Å². The summed E-state index contributed by atoms with van der Waals surface area (Å²) in [6, 6.07) is 8.81. The van der Waals surface area contributed by atoms with Crippen molar-refractivity contribution in [1.82, 2.24) is 9.66 Å². The average molecular weight is 503 g/mol. The van der Waals surface area contributed by atoms with Gasteiger partial charge in [0, 0.05) is 27.6 Å². The van der Waals surface area contributed by atoms with Gasteiger partial charge in [-0.2, -0.15) is 9.78 Å². The standard InChI is InChI=1S/C21H19BrN4O6/c1-21(2,3)20-24-16-6-4-13(22)9-15(16)19(29)25(20)23-10-12-8-14(26(30)31)5-7-17(12)32-11-18(27)28/h4-10H,11H2,1-3H3,(H,27,28). The average Bonchev–Trinajstić information content (AvgIpc) is 2.71. The van der Waals surface area contributed by atoms with Crippen LogP contribution in [0.1, 0.15) is 32.2 Å². The second-order valence-corrected chi connectivity index (χ2v) is 8.79. The molecule has 3 rings (SSSR count). The molecule has 1 N–H and O–H groups in total. The van der Waals surface area contributed by atoms with E-state index < -0.39 is 28.5 Å². The smallest absolute Gasteiger partial charge is 0.341 e. The molecule has 166 valence electrons. The molecule has 0 amide bonds. The summed E-state index contributed by atoms with van der Waals surface area (Å²) in [5.41, 5.74) is -0.561. The first kappa shape index (κ1) is 23.1. The predicted octanol–water partition coefficient (Wildman–Crippen LogP) is 3.71. The van der Waals surface area contributed by atoms with Gasteiger partial charge in [-0.05, 0) is 24.3 Å². The van der Waals surface area contributed by atoms with Gasteiger partial charge in [0.2, 0.25) is 0 Å². The normalized spacial score (nSPS) is 11.8. The van der Waals surface area contributed by atoms with E-state index >= 15 is 0 Å². The molecule has 1 aromatic heterocycles. The summed E-state index contributed by atoms with van der Waals surface area (Å²) in [6.45, 7) is 4.98. The second-order valence-electron chi connectivity index (χ2n) is 7.87. The molecule has 32 heavy (non-hydrogen) atoms. The van der Waals surface area contributed by atoms with E-state index in [0.29, 0.717) is 21.2 Å². The van der Waals surface area contributed by atoms with Crippen molar-refractivity contribution < 1.29 is 19.6 Å². The molecule has 1 heterocycles. The molecule has 0 radical (unpaired) electrons. The summed E-state index contributed by atoms with van der Waals surface area (Å²) in [5, 5.41) is 24.7. The number of rotatable bonds is 6. The van der Waals surface area contributed by atoms with Gasteiger partial charge >= 0.3 is 5.97 Å². The molecule has 0 fully saturated rings. The van der Waals surface area contributed by atoms with Crippen molar-refractivity contribution >= 4 is 44.7 Å². The molecule has 0 aliphatic rings. The Bertz CT molecular complexity index is 1310. The quantitative estimate of drug-likeness (QED) is 0.308. The lowest BCUT2D eigenvalue weighted by molar-refractivity contribution is -0.384. The summed E-state index contributed by atoms with van der Waals surface area (Å²) in [5.74, 6) is -0.752. The number of nitro groups is 1.